The number of hydrogen-bond donors (Lipinski definition) is 2. The summed E-state index contributed by atoms with van der Waals surface area (Å²) < 4.78 is 7.99. The highest BCUT2D eigenvalue weighted by atomic mass is 127. The summed E-state index contributed by atoms with van der Waals surface area (Å²) in [6.07, 6.45) is 5.34. The van der Waals surface area contributed by atoms with Crippen LogP contribution in [0.25, 0.3) is 0 Å². The third kappa shape index (κ3) is 4.88. The average Bonchev–Trinajstić information content (AvgIpc) is 3.07. The van der Waals surface area contributed by atoms with Gasteiger partial charge in [-0.05, 0) is 40.0 Å². The number of rotatable bonds is 9. The van der Waals surface area contributed by atoms with Gasteiger partial charge in [-0.3, -0.25) is 0 Å². The maximum Gasteiger partial charge on any atom is 0.191 e. The Morgan fingerprint density at radius 1 is 1.31 bits per heavy atom. The van der Waals surface area contributed by atoms with Gasteiger partial charge in [0.15, 0.2) is 11.8 Å². The van der Waals surface area contributed by atoms with Gasteiger partial charge < -0.3 is 19.9 Å². The van der Waals surface area contributed by atoms with E-state index in [1.54, 1.807) is 6.33 Å². The van der Waals surface area contributed by atoms with Crippen LogP contribution in [-0.4, -0.2) is 46.0 Å². The summed E-state index contributed by atoms with van der Waals surface area (Å²) in [6, 6.07) is 0.390. The minimum atomic E-state index is 0. The predicted molar refractivity (Wildman–Crippen MR) is 116 cm³/mol. The summed E-state index contributed by atoms with van der Waals surface area (Å²) in [5, 5.41) is 15.1. The molecule has 0 aromatic carbocycles. The van der Waals surface area contributed by atoms with Crippen molar-refractivity contribution in [2.45, 2.75) is 79.1 Å². The van der Waals surface area contributed by atoms with Crippen molar-refractivity contribution in [2.24, 2.45) is 10.4 Å². The maximum absolute atomic E-state index is 5.97. The summed E-state index contributed by atoms with van der Waals surface area (Å²) in [5.74, 6) is 1.73. The summed E-state index contributed by atoms with van der Waals surface area (Å²) in [5.41, 5.74) is 0.190. The molecule has 1 aromatic rings. The van der Waals surface area contributed by atoms with Crippen LogP contribution in [0.4, 0.5) is 0 Å². The molecule has 2 atom stereocenters. The molecule has 0 radical (unpaired) electrons. The average molecular weight is 478 g/mol. The third-order valence-corrected chi connectivity index (χ3v) is 5.54. The number of hydrogen-bond acceptors (Lipinski definition) is 4. The Labute approximate surface area is 174 Å². The molecule has 1 fully saturated rings. The second-order valence-electron chi connectivity index (χ2n) is 6.55. The maximum atomic E-state index is 5.97. The fraction of sp³-hybridized carbons (Fsp3) is 0.833. The number of aryl methyl sites for hydroxylation is 1. The van der Waals surface area contributed by atoms with Crippen molar-refractivity contribution in [3.63, 3.8) is 0 Å². The number of aliphatic imine (C=N–C) groups is 1. The number of guanidine groups is 1. The van der Waals surface area contributed by atoms with E-state index >= 15 is 0 Å². The van der Waals surface area contributed by atoms with Crippen LogP contribution in [-0.2, 0) is 17.8 Å². The monoisotopic (exact) mass is 478 g/mol. The Bertz CT molecular complexity index is 558. The Morgan fingerprint density at radius 3 is 2.62 bits per heavy atom. The van der Waals surface area contributed by atoms with E-state index in [2.05, 4.69) is 55.4 Å². The van der Waals surface area contributed by atoms with E-state index in [1.165, 1.54) is 0 Å². The molecular formula is C18H35IN6O. The van der Waals surface area contributed by atoms with Gasteiger partial charge in [-0.25, -0.2) is 4.99 Å². The van der Waals surface area contributed by atoms with Crippen LogP contribution < -0.4 is 10.6 Å². The zero-order valence-electron chi connectivity index (χ0n) is 16.8. The molecule has 0 spiro atoms. The fourth-order valence-electron chi connectivity index (χ4n) is 3.88. The molecule has 8 heteroatoms. The molecule has 150 valence electrons. The first-order chi connectivity index (χ1) is 12.1. The van der Waals surface area contributed by atoms with Crippen LogP contribution in [0.2, 0.25) is 0 Å². The van der Waals surface area contributed by atoms with E-state index in [-0.39, 0.29) is 29.4 Å². The highest BCUT2D eigenvalue weighted by Crippen LogP contribution is 2.48. The van der Waals surface area contributed by atoms with Crippen LogP contribution >= 0.6 is 24.0 Å². The first-order valence-electron chi connectivity index (χ1n) is 9.68. The molecule has 1 aromatic heterocycles. The standard InChI is InChI=1S/C18H34N6O.HI/c1-6-18(7-2)14(11-15(18)25-10-5)22-17(19-8-3)20-12-16-23-21-13-24(16)9-4;/h13-15H,6-12H2,1-5H3,(H2,19,20,22);1H. The largest absolute Gasteiger partial charge is 0.378 e. The predicted octanol–water partition coefficient (Wildman–Crippen LogP) is 2.95. The van der Waals surface area contributed by atoms with Crippen LogP contribution in [0.5, 0.6) is 0 Å². The van der Waals surface area contributed by atoms with Gasteiger partial charge in [0.05, 0.1) is 6.10 Å². The molecule has 0 saturated heterocycles. The van der Waals surface area contributed by atoms with Gasteiger partial charge in [-0.1, -0.05) is 13.8 Å². The van der Waals surface area contributed by atoms with Crippen LogP contribution in [0.3, 0.4) is 0 Å². The number of ether oxygens (including phenoxy) is 1. The lowest BCUT2D eigenvalue weighted by Gasteiger charge is -2.55. The number of nitrogens with zero attached hydrogens (tertiary/aromatic N) is 4. The van der Waals surface area contributed by atoms with E-state index in [0.717, 1.165) is 50.7 Å². The number of aromatic nitrogens is 3. The van der Waals surface area contributed by atoms with Crippen molar-refractivity contribution in [1.29, 1.82) is 0 Å². The van der Waals surface area contributed by atoms with Crippen molar-refractivity contribution >= 4 is 29.9 Å². The van der Waals surface area contributed by atoms with Gasteiger partial charge in [-0.2, -0.15) is 0 Å². The number of halogens is 1. The van der Waals surface area contributed by atoms with Crippen molar-refractivity contribution < 1.29 is 4.74 Å². The molecule has 2 unspecified atom stereocenters. The highest BCUT2D eigenvalue weighted by Gasteiger charge is 2.53. The molecule has 0 aliphatic heterocycles. The van der Waals surface area contributed by atoms with E-state index in [0.29, 0.717) is 18.7 Å². The zero-order valence-corrected chi connectivity index (χ0v) is 19.1. The second-order valence-corrected chi connectivity index (χ2v) is 6.55. The molecule has 7 nitrogen and oxygen atoms in total. The molecule has 26 heavy (non-hydrogen) atoms. The summed E-state index contributed by atoms with van der Waals surface area (Å²) in [6.45, 7) is 13.8. The van der Waals surface area contributed by atoms with Gasteiger partial charge in [0.25, 0.3) is 0 Å². The Morgan fingerprint density at radius 2 is 2.04 bits per heavy atom. The van der Waals surface area contributed by atoms with Crippen LogP contribution in [0.1, 0.15) is 59.7 Å². The van der Waals surface area contributed by atoms with E-state index in [4.69, 9.17) is 9.73 Å². The molecule has 1 heterocycles. The molecule has 2 N–H and O–H groups in total. The molecule has 1 aliphatic rings. The van der Waals surface area contributed by atoms with Crippen molar-refractivity contribution in [1.82, 2.24) is 25.4 Å². The Hall–Kier alpha value is -0.900. The van der Waals surface area contributed by atoms with Crippen molar-refractivity contribution in [2.75, 3.05) is 13.2 Å². The molecular weight excluding hydrogens is 443 g/mol. The topological polar surface area (TPSA) is 76.4 Å². The van der Waals surface area contributed by atoms with Gasteiger partial charge >= 0.3 is 0 Å². The van der Waals surface area contributed by atoms with Crippen molar-refractivity contribution in [3.8, 4) is 0 Å². The van der Waals surface area contributed by atoms with E-state index in [9.17, 15) is 0 Å². The van der Waals surface area contributed by atoms with Crippen molar-refractivity contribution in [3.05, 3.63) is 12.2 Å². The first kappa shape index (κ1) is 23.1. The van der Waals surface area contributed by atoms with Crippen LogP contribution in [0, 0.1) is 5.41 Å². The summed E-state index contributed by atoms with van der Waals surface area (Å²) >= 11 is 0. The fourth-order valence-corrected chi connectivity index (χ4v) is 3.88. The van der Waals surface area contributed by atoms with Gasteiger partial charge in [0, 0.05) is 31.2 Å². The minimum absolute atomic E-state index is 0. The lowest BCUT2D eigenvalue weighted by atomic mass is 9.58. The highest BCUT2D eigenvalue weighted by molar-refractivity contribution is 14.0. The molecule has 0 amide bonds. The molecule has 1 aliphatic carbocycles. The second kappa shape index (κ2) is 11.1. The smallest absolute Gasteiger partial charge is 0.191 e. The minimum Gasteiger partial charge on any atom is -0.378 e. The quantitative estimate of drug-likeness (QED) is 0.324. The summed E-state index contributed by atoms with van der Waals surface area (Å²) in [4.78, 5) is 4.72. The van der Waals surface area contributed by atoms with Crippen LogP contribution in [0.15, 0.2) is 11.3 Å². The lowest BCUT2D eigenvalue weighted by molar-refractivity contribution is -0.133. The Balaban J connectivity index is 0.00000338. The molecule has 2 rings (SSSR count). The normalized spacial score (nSPS) is 21.7. The Kier molecular flexibility index (Phi) is 9.84. The summed E-state index contributed by atoms with van der Waals surface area (Å²) in [7, 11) is 0. The third-order valence-electron chi connectivity index (χ3n) is 5.54. The number of nitrogens with one attached hydrogen (secondary N) is 2. The van der Waals surface area contributed by atoms with Gasteiger partial charge in [0.1, 0.15) is 12.9 Å². The molecule has 1 saturated carbocycles. The first-order valence-corrected chi connectivity index (χ1v) is 9.68. The molecule has 0 bridgehead atoms. The van der Waals surface area contributed by atoms with E-state index < -0.39 is 0 Å². The lowest BCUT2D eigenvalue weighted by Crippen LogP contribution is -2.65. The zero-order chi connectivity index (χ0) is 18.3. The SMILES string of the molecule is CCNC(=NCc1nncn1CC)NC1CC(OCC)C1(CC)CC.I. The van der Waals surface area contributed by atoms with Gasteiger partial charge in [0.2, 0.25) is 0 Å². The van der Waals surface area contributed by atoms with E-state index in [1.807, 2.05) is 4.57 Å². The van der Waals surface area contributed by atoms with Gasteiger partial charge in [-0.15, -0.1) is 34.2 Å².